The van der Waals surface area contributed by atoms with E-state index in [0.717, 1.165) is 10.9 Å². The molecular formula is C13H15N3O3. The van der Waals surface area contributed by atoms with E-state index in [0.29, 0.717) is 25.3 Å². The summed E-state index contributed by atoms with van der Waals surface area (Å²) in [7, 11) is 0. The number of rotatable bonds is 2. The van der Waals surface area contributed by atoms with E-state index >= 15 is 0 Å². The highest BCUT2D eigenvalue weighted by molar-refractivity contribution is 5.98. The lowest BCUT2D eigenvalue weighted by atomic mass is 10.1. The predicted molar refractivity (Wildman–Crippen MR) is 68.8 cm³/mol. The highest BCUT2D eigenvalue weighted by Crippen LogP contribution is 2.17. The Morgan fingerprint density at radius 3 is 3.32 bits per heavy atom. The van der Waals surface area contributed by atoms with Crippen molar-refractivity contribution in [3.63, 3.8) is 0 Å². The molecule has 0 spiro atoms. The highest BCUT2D eigenvalue weighted by atomic mass is 16.5. The molecule has 1 unspecified atom stereocenters. The van der Waals surface area contributed by atoms with Crippen molar-refractivity contribution in [1.82, 2.24) is 15.1 Å². The maximum atomic E-state index is 12.5. The van der Waals surface area contributed by atoms with Crippen LogP contribution in [-0.2, 0) is 4.74 Å². The first-order valence-corrected chi connectivity index (χ1v) is 6.22. The standard InChI is InChI=1S/C13H15N3O3/c17-7-11-8-19-4-3-16(11)13(18)9-1-2-12-10(5-9)6-14-15-12/h1-2,5-6,11,17H,3-4,7-8H2,(H,14,15). The molecule has 0 aliphatic carbocycles. The van der Waals surface area contributed by atoms with Crippen molar-refractivity contribution in [3.05, 3.63) is 30.0 Å². The van der Waals surface area contributed by atoms with Gasteiger partial charge in [0.05, 0.1) is 37.6 Å². The maximum Gasteiger partial charge on any atom is 0.254 e. The minimum atomic E-state index is -0.263. The molecule has 2 N–H and O–H groups in total. The Labute approximate surface area is 110 Å². The summed E-state index contributed by atoms with van der Waals surface area (Å²) in [5.41, 5.74) is 1.51. The molecule has 1 atom stereocenters. The molecule has 1 fully saturated rings. The lowest BCUT2D eigenvalue weighted by Gasteiger charge is -2.34. The minimum absolute atomic E-state index is 0.0783. The Morgan fingerprint density at radius 2 is 2.47 bits per heavy atom. The summed E-state index contributed by atoms with van der Waals surface area (Å²) < 4.78 is 5.28. The first-order chi connectivity index (χ1) is 9.29. The van der Waals surface area contributed by atoms with Crippen molar-refractivity contribution in [1.29, 1.82) is 0 Å². The topological polar surface area (TPSA) is 78.5 Å². The van der Waals surface area contributed by atoms with E-state index in [4.69, 9.17) is 4.74 Å². The van der Waals surface area contributed by atoms with Gasteiger partial charge in [0.15, 0.2) is 0 Å². The summed E-state index contributed by atoms with van der Waals surface area (Å²) in [5.74, 6) is -0.0783. The number of aromatic amines is 1. The monoisotopic (exact) mass is 261 g/mol. The van der Waals surface area contributed by atoms with Crippen molar-refractivity contribution < 1.29 is 14.6 Å². The number of ether oxygens (including phenoxy) is 1. The van der Waals surface area contributed by atoms with Gasteiger partial charge in [0.1, 0.15) is 0 Å². The Bertz CT molecular complexity index is 596. The lowest BCUT2D eigenvalue weighted by Crippen LogP contribution is -2.50. The van der Waals surface area contributed by atoms with E-state index in [2.05, 4.69) is 10.2 Å². The van der Waals surface area contributed by atoms with Gasteiger partial charge in [0.2, 0.25) is 0 Å². The van der Waals surface area contributed by atoms with Gasteiger partial charge in [-0.05, 0) is 18.2 Å². The van der Waals surface area contributed by atoms with Crippen LogP contribution in [0.25, 0.3) is 10.9 Å². The Balaban J connectivity index is 1.89. The maximum absolute atomic E-state index is 12.5. The fourth-order valence-corrected chi connectivity index (χ4v) is 2.32. The first-order valence-electron chi connectivity index (χ1n) is 6.22. The number of nitrogens with zero attached hydrogens (tertiary/aromatic N) is 2. The summed E-state index contributed by atoms with van der Waals surface area (Å²) in [6.07, 6.45) is 1.69. The summed E-state index contributed by atoms with van der Waals surface area (Å²) >= 11 is 0. The van der Waals surface area contributed by atoms with Crippen LogP contribution in [0.2, 0.25) is 0 Å². The van der Waals surface area contributed by atoms with Crippen LogP contribution in [0.5, 0.6) is 0 Å². The normalized spacial score (nSPS) is 19.8. The fraction of sp³-hybridized carbons (Fsp3) is 0.385. The van der Waals surface area contributed by atoms with Crippen molar-refractivity contribution in [3.8, 4) is 0 Å². The molecular weight excluding hydrogens is 246 g/mol. The van der Waals surface area contributed by atoms with E-state index in [1.807, 2.05) is 12.1 Å². The molecule has 1 aromatic heterocycles. The summed E-state index contributed by atoms with van der Waals surface area (Å²) in [6.45, 7) is 1.32. The average molecular weight is 261 g/mol. The first kappa shape index (κ1) is 12.1. The number of aliphatic hydroxyl groups excluding tert-OH is 1. The van der Waals surface area contributed by atoms with Crippen LogP contribution in [-0.4, -0.2) is 58.5 Å². The molecule has 1 amide bonds. The average Bonchev–Trinajstić information content (AvgIpc) is 2.93. The molecule has 6 heteroatoms. The number of benzene rings is 1. The van der Waals surface area contributed by atoms with E-state index in [1.54, 1.807) is 17.2 Å². The van der Waals surface area contributed by atoms with Gasteiger partial charge in [-0.3, -0.25) is 9.89 Å². The molecule has 3 rings (SSSR count). The molecule has 1 aromatic carbocycles. The van der Waals surface area contributed by atoms with E-state index in [-0.39, 0.29) is 18.6 Å². The molecule has 2 aromatic rings. The molecule has 19 heavy (non-hydrogen) atoms. The van der Waals surface area contributed by atoms with Crippen LogP contribution in [0, 0.1) is 0 Å². The van der Waals surface area contributed by atoms with Gasteiger partial charge in [0.25, 0.3) is 5.91 Å². The van der Waals surface area contributed by atoms with Crippen LogP contribution < -0.4 is 0 Å². The summed E-state index contributed by atoms with van der Waals surface area (Å²) in [5, 5.41) is 17.0. The van der Waals surface area contributed by atoms with E-state index in [1.165, 1.54) is 0 Å². The molecule has 0 saturated carbocycles. The molecule has 0 radical (unpaired) electrons. The quantitative estimate of drug-likeness (QED) is 0.820. The third kappa shape index (κ3) is 2.20. The van der Waals surface area contributed by atoms with Gasteiger partial charge in [-0.15, -0.1) is 0 Å². The molecule has 1 aliphatic rings. The third-order valence-corrected chi connectivity index (χ3v) is 3.39. The number of hydrogen-bond acceptors (Lipinski definition) is 4. The van der Waals surface area contributed by atoms with Gasteiger partial charge in [-0.2, -0.15) is 5.10 Å². The number of H-pyrrole nitrogens is 1. The molecule has 100 valence electrons. The zero-order valence-corrected chi connectivity index (χ0v) is 10.4. The molecule has 1 saturated heterocycles. The van der Waals surface area contributed by atoms with Gasteiger partial charge in [0, 0.05) is 17.5 Å². The van der Waals surface area contributed by atoms with Crippen LogP contribution in [0.15, 0.2) is 24.4 Å². The van der Waals surface area contributed by atoms with Crippen LogP contribution in [0.1, 0.15) is 10.4 Å². The minimum Gasteiger partial charge on any atom is -0.394 e. The van der Waals surface area contributed by atoms with Gasteiger partial charge >= 0.3 is 0 Å². The number of carbonyl (C=O) groups excluding carboxylic acids is 1. The number of hydrogen-bond donors (Lipinski definition) is 2. The Kier molecular flexibility index (Phi) is 3.18. The van der Waals surface area contributed by atoms with Gasteiger partial charge < -0.3 is 14.7 Å². The second-order valence-electron chi connectivity index (χ2n) is 4.58. The van der Waals surface area contributed by atoms with Crippen molar-refractivity contribution in [2.45, 2.75) is 6.04 Å². The second-order valence-corrected chi connectivity index (χ2v) is 4.58. The van der Waals surface area contributed by atoms with Crippen molar-refractivity contribution >= 4 is 16.8 Å². The van der Waals surface area contributed by atoms with Crippen LogP contribution in [0.3, 0.4) is 0 Å². The fourth-order valence-electron chi connectivity index (χ4n) is 2.32. The highest BCUT2D eigenvalue weighted by Gasteiger charge is 2.27. The second kappa shape index (κ2) is 4.99. The number of carbonyl (C=O) groups is 1. The van der Waals surface area contributed by atoms with E-state index in [9.17, 15) is 9.90 Å². The van der Waals surface area contributed by atoms with Crippen LogP contribution in [0.4, 0.5) is 0 Å². The van der Waals surface area contributed by atoms with Crippen molar-refractivity contribution in [2.75, 3.05) is 26.4 Å². The van der Waals surface area contributed by atoms with Crippen LogP contribution >= 0.6 is 0 Å². The number of amides is 1. The molecule has 1 aliphatic heterocycles. The van der Waals surface area contributed by atoms with Crippen molar-refractivity contribution in [2.24, 2.45) is 0 Å². The number of aliphatic hydroxyl groups is 1. The Hall–Kier alpha value is -1.92. The molecule has 6 nitrogen and oxygen atoms in total. The third-order valence-electron chi connectivity index (χ3n) is 3.39. The lowest BCUT2D eigenvalue weighted by molar-refractivity contribution is -0.0183. The van der Waals surface area contributed by atoms with Gasteiger partial charge in [-0.25, -0.2) is 0 Å². The number of nitrogens with one attached hydrogen (secondary N) is 1. The summed E-state index contributed by atoms with van der Waals surface area (Å²) in [4.78, 5) is 14.1. The zero-order valence-electron chi connectivity index (χ0n) is 10.4. The number of aromatic nitrogens is 2. The summed E-state index contributed by atoms with van der Waals surface area (Å²) in [6, 6.07) is 5.16. The SMILES string of the molecule is O=C(c1ccc2[nH]ncc2c1)N1CCOCC1CO. The molecule has 0 bridgehead atoms. The molecule has 2 heterocycles. The van der Waals surface area contributed by atoms with E-state index < -0.39 is 0 Å². The number of fused-ring (bicyclic) bond motifs is 1. The predicted octanol–water partition coefficient (Wildman–Crippen LogP) is 0.396. The number of morpholine rings is 1. The zero-order chi connectivity index (χ0) is 13.2. The smallest absolute Gasteiger partial charge is 0.254 e. The largest absolute Gasteiger partial charge is 0.394 e. The van der Waals surface area contributed by atoms with Gasteiger partial charge in [-0.1, -0.05) is 0 Å². The Morgan fingerprint density at radius 1 is 1.58 bits per heavy atom.